The minimum absolute atomic E-state index is 0.717. The highest BCUT2D eigenvalue weighted by atomic mass is 33.1. The van der Waals surface area contributed by atoms with Crippen LogP contribution >= 0.6 is 21.8 Å². The minimum atomic E-state index is 0.717. The molecule has 0 aromatic heterocycles. The summed E-state index contributed by atoms with van der Waals surface area (Å²) in [7, 11) is 4.15. The lowest BCUT2D eigenvalue weighted by Crippen LogP contribution is -2.66. The zero-order valence-electron chi connectivity index (χ0n) is 18.0. The second-order valence-electron chi connectivity index (χ2n) is 9.90. The second-order valence-corrected chi connectivity index (χ2v) is 12.3. The Bertz CT molecular complexity index is 503. The molecule has 0 aliphatic carbocycles. The van der Waals surface area contributed by atoms with Crippen LogP contribution in [0.4, 0.5) is 0 Å². The molecule has 0 bridgehead atoms. The monoisotopic (exact) mass is 412 g/mol. The van der Waals surface area contributed by atoms with Crippen LogP contribution in [0.25, 0.3) is 0 Å². The van der Waals surface area contributed by atoms with E-state index < -0.39 is 0 Å². The van der Waals surface area contributed by atoms with Crippen molar-refractivity contribution in [3.05, 3.63) is 0 Å². The van der Waals surface area contributed by atoms with Crippen LogP contribution < -0.4 is 0 Å². The molecule has 4 nitrogen and oxygen atoms in total. The largest absolute Gasteiger partial charge is 0.299 e. The fourth-order valence-corrected chi connectivity index (χ4v) is 8.44. The zero-order chi connectivity index (χ0) is 19.1. The van der Waals surface area contributed by atoms with Gasteiger partial charge in [-0.15, -0.1) is 0 Å². The van der Waals surface area contributed by atoms with E-state index in [-0.39, 0.29) is 0 Å². The molecule has 4 heterocycles. The van der Waals surface area contributed by atoms with Gasteiger partial charge in [-0.25, -0.2) is 4.31 Å². The molecular formula is C21H40N4S2. The van der Waals surface area contributed by atoms with Gasteiger partial charge in [-0.05, 0) is 70.9 Å². The van der Waals surface area contributed by atoms with Gasteiger partial charge in [-0.3, -0.25) is 14.7 Å². The Balaban J connectivity index is 1.13. The summed E-state index contributed by atoms with van der Waals surface area (Å²) in [6.07, 6.45) is 2.75. The van der Waals surface area contributed by atoms with Crippen molar-refractivity contribution >= 4 is 21.8 Å². The average Bonchev–Trinajstić information content (AvgIpc) is 2.57. The number of likely N-dealkylation sites (tertiary alicyclic amines) is 3. The zero-order valence-corrected chi connectivity index (χ0v) is 19.6. The van der Waals surface area contributed by atoms with Gasteiger partial charge >= 0.3 is 0 Å². The third kappa shape index (κ3) is 4.36. The highest BCUT2D eigenvalue weighted by Gasteiger charge is 2.45. The third-order valence-electron chi connectivity index (χ3n) is 7.54. The summed E-state index contributed by atoms with van der Waals surface area (Å²) in [5, 5.41) is 0. The molecule has 4 fully saturated rings. The Kier molecular flexibility index (Phi) is 6.72. The van der Waals surface area contributed by atoms with Crippen LogP contribution in [0.2, 0.25) is 0 Å². The Morgan fingerprint density at radius 3 is 1.93 bits per heavy atom. The standard InChI is InChI=1S/C21H40N4S2/c1-15(2)24-12-18-10-22(8-6-20(18)24)17(5)14-26-27-23-9-7-21-19(11-23)13-25(21)16(3)4/h15-21H,6-14H2,1-5H3. The Morgan fingerprint density at radius 1 is 0.778 bits per heavy atom. The molecule has 6 heteroatoms. The normalized spacial score (nSPS) is 37.0. The molecule has 27 heavy (non-hydrogen) atoms. The Hall–Kier alpha value is 0.540. The number of hydrogen-bond acceptors (Lipinski definition) is 6. The van der Waals surface area contributed by atoms with E-state index in [4.69, 9.17) is 0 Å². The fraction of sp³-hybridized carbons (Fsp3) is 1.00. The molecule has 0 aromatic rings. The van der Waals surface area contributed by atoms with Crippen LogP contribution in [-0.4, -0.2) is 94.2 Å². The lowest BCUT2D eigenvalue weighted by atomic mass is 9.81. The van der Waals surface area contributed by atoms with Gasteiger partial charge in [0.25, 0.3) is 0 Å². The maximum Gasteiger partial charge on any atom is 0.0203 e. The van der Waals surface area contributed by atoms with E-state index in [0.29, 0.717) is 6.04 Å². The molecule has 0 aromatic carbocycles. The second kappa shape index (κ2) is 8.73. The summed E-state index contributed by atoms with van der Waals surface area (Å²) < 4.78 is 2.65. The molecule has 0 saturated carbocycles. The number of nitrogens with zero attached hydrogens (tertiary/aromatic N) is 4. The van der Waals surface area contributed by atoms with Gasteiger partial charge in [0.2, 0.25) is 0 Å². The number of rotatable bonds is 7. The summed E-state index contributed by atoms with van der Waals surface area (Å²) in [5.41, 5.74) is 0. The molecule has 0 spiro atoms. The number of fused-ring (bicyclic) bond motifs is 2. The van der Waals surface area contributed by atoms with E-state index in [2.05, 4.69) is 75.4 Å². The Morgan fingerprint density at radius 2 is 1.37 bits per heavy atom. The van der Waals surface area contributed by atoms with Gasteiger partial charge < -0.3 is 0 Å². The van der Waals surface area contributed by atoms with Crippen molar-refractivity contribution in [1.82, 2.24) is 19.0 Å². The first kappa shape index (κ1) is 20.8. The van der Waals surface area contributed by atoms with Gasteiger partial charge in [0.05, 0.1) is 0 Å². The quantitative estimate of drug-likeness (QED) is 0.465. The maximum absolute atomic E-state index is 2.77. The number of piperidine rings is 2. The molecule has 4 rings (SSSR count). The van der Waals surface area contributed by atoms with Gasteiger partial charge in [0, 0.05) is 74.6 Å². The van der Waals surface area contributed by atoms with Crippen molar-refractivity contribution in [2.24, 2.45) is 11.8 Å². The van der Waals surface area contributed by atoms with E-state index in [1.54, 1.807) is 0 Å². The van der Waals surface area contributed by atoms with Gasteiger partial charge in [-0.1, -0.05) is 10.8 Å². The summed E-state index contributed by atoms with van der Waals surface area (Å²) in [4.78, 5) is 8.18. The van der Waals surface area contributed by atoms with E-state index in [9.17, 15) is 0 Å². The molecular weight excluding hydrogens is 372 g/mol. The summed E-state index contributed by atoms with van der Waals surface area (Å²) in [6, 6.07) is 3.93. The van der Waals surface area contributed by atoms with Crippen molar-refractivity contribution in [2.45, 2.75) is 77.7 Å². The molecule has 4 aliphatic heterocycles. The highest BCUT2D eigenvalue weighted by Crippen LogP contribution is 2.39. The maximum atomic E-state index is 2.77. The number of hydrogen-bond donors (Lipinski definition) is 0. The summed E-state index contributed by atoms with van der Waals surface area (Å²) >= 11 is 0. The van der Waals surface area contributed by atoms with Crippen molar-refractivity contribution in [3.63, 3.8) is 0 Å². The van der Waals surface area contributed by atoms with Crippen LogP contribution in [0, 0.1) is 11.8 Å². The van der Waals surface area contributed by atoms with Crippen LogP contribution in [0.3, 0.4) is 0 Å². The minimum Gasteiger partial charge on any atom is -0.299 e. The van der Waals surface area contributed by atoms with E-state index in [1.165, 1.54) is 57.9 Å². The topological polar surface area (TPSA) is 13.0 Å². The van der Waals surface area contributed by atoms with E-state index in [0.717, 1.165) is 36.0 Å². The van der Waals surface area contributed by atoms with Crippen LogP contribution in [-0.2, 0) is 0 Å². The van der Waals surface area contributed by atoms with Gasteiger partial charge in [-0.2, -0.15) is 0 Å². The fourth-order valence-electron chi connectivity index (χ4n) is 5.77. The smallest absolute Gasteiger partial charge is 0.0203 e. The van der Waals surface area contributed by atoms with Crippen LogP contribution in [0.5, 0.6) is 0 Å². The molecule has 4 saturated heterocycles. The molecule has 0 N–H and O–H groups in total. The lowest BCUT2D eigenvalue weighted by Gasteiger charge is -2.56. The predicted octanol–water partition coefficient (Wildman–Crippen LogP) is 3.50. The van der Waals surface area contributed by atoms with Crippen LogP contribution in [0.1, 0.15) is 47.5 Å². The van der Waals surface area contributed by atoms with E-state index in [1.807, 2.05) is 0 Å². The predicted molar refractivity (Wildman–Crippen MR) is 120 cm³/mol. The molecule has 5 atom stereocenters. The third-order valence-corrected chi connectivity index (χ3v) is 10.2. The molecule has 0 radical (unpaired) electrons. The first-order valence-corrected chi connectivity index (χ1v) is 13.5. The highest BCUT2D eigenvalue weighted by molar-refractivity contribution is 8.75. The van der Waals surface area contributed by atoms with Crippen molar-refractivity contribution in [1.29, 1.82) is 0 Å². The average molecular weight is 413 g/mol. The van der Waals surface area contributed by atoms with Crippen molar-refractivity contribution in [3.8, 4) is 0 Å². The Labute approximate surface area is 175 Å². The summed E-state index contributed by atoms with van der Waals surface area (Å²) in [6.45, 7) is 19.7. The lowest BCUT2D eigenvalue weighted by molar-refractivity contribution is -0.0671. The molecule has 156 valence electrons. The van der Waals surface area contributed by atoms with Crippen molar-refractivity contribution < 1.29 is 0 Å². The van der Waals surface area contributed by atoms with E-state index >= 15 is 0 Å². The molecule has 0 amide bonds. The first-order chi connectivity index (χ1) is 12.9. The van der Waals surface area contributed by atoms with Gasteiger partial charge in [0.15, 0.2) is 0 Å². The van der Waals surface area contributed by atoms with Crippen molar-refractivity contribution in [2.75, 3.05) is 45.0 Å². The first-order valence-electron chi connectivity index (χ1n) is 11.2. The summed E-state index contributed by atoms with van der Waals surface area (Å²) in [5.74, 6) is 3.12. The molecule has 5 unspecified atom stereocenters. The van der Waals surface area contributed by atoms with Gasteiger partial charge in [0.1, 0.15) is 0 Å². The van der Waals surface area contributed by atoms with Crippen LogP contribution in [0.15, 0.2) is 0 Å². The molecule has 4 aliphatic rings. The SMILES string of the molecule is CC(CSSN1CCC2C(C1)CN2C(C)C)N1CCC2C(C1)CN2C(C)C.